The fourth-order valence-corrected chi connectivity index (χ4v) is 0.766. The highest BCUT2D eigenvalue weighted by Gasteiger charge is 2.45. The van der Waals surface area contributed by atoms with Gasteiger partial charge in [0.15, 0.2) is 0 Å². The number of alkyl halides is 3. The summed E-state index contributed by atoms with van der Waals surface area (Å²) in [5.41, 5.74) is 0. The first-order chi connectivity index (χ1) is 4.02. The standard InChI is InChI=1S/C6H8F3/c1-4(5-2-3-5)6(7,8)9/h4-5H,1-3H2. The van der Waals surface area contributed by atoms with Crippen LogP contribution in [0.4, 0.5) is 13.2 Å². The Kier molecular flexibility index (Phi) is 1.45. The van der Waals surface area contributed by atoms with Crippen molar-refractivity contribution in [2.45, 2.75) is 19.0 Å². The van der Waals surface area contributed by atoms with E-state index in [1.807, 2.05) is 0 Å². The molecule has 0 bridgehead atoms. The molecule has 0 saturated heterocycles. The molecule has 0 aromatic rings. The van der Waals surface area contributed by atoms with Gasteiger partial charge >= 0.3 is 6.18 Å². The highest BCUT2D eigenvalue weighted by Crippen LogP contribution is 2.44. The van der Waals surface area contributed by atoms with E-state index in [9.17, 15) is 13.2 Å². The van der Waals surface area contributed by atoms with E-state index < -0.39 is 12.1 Å². The average molecular weight is 137 g/mol. The number of halogens is 3. The van der Waals surface area contributed by atoms with E-state index in [0.717, 1.165) is 0 Å². The molecule has 0 spiro atoms. The van der Waals surface area contributed by atoms with Crippen LogP contribution in [0.25, 0.3) is 0 Å². The molecule has 1 atom stereocenters. The van der Waals surface area contributed by atoms with Crippen molar-refractivity contribution in [3.63, 3.8) is 0 Å². The van der Waals surface area contributed by atoms with Crippen molar-refractivity contribution in [3.8, 4) is 0 Å². The van der Waals surface area contributed by atoms with Gasteiger partial charge in [0.2, 0.25) is 0 Å². The van der Waals surface area contributed by atoms with E-state index in [1.54, 1.807) is 0 Å². The first kappa shape index (κ1) is 6.90. The van der Waals surface area contributed by atoms with Crippen LogP contribution in [0.1, 0.15) is 12.8 Å². The van der Waals surface area contributed by atoms with Gasteiger partial charge in [-0.25, -0.2) is 0 Å². The molecule has 0 N–H and O–H groups in total. The summed E-state index contributed by atoms with van der Waals surface area (Å²) >= 11 is 0. The molecular weight excluding hydrogens is 129 g/mol. The normalized spacial score (nSPS) is 24.0. The van der Waals surface area contributed by atoms with E-state index in [0.29, 0.717) is 12.8 Å². The van der Waals surface area contributed by atoms with Gasteiger partial charge in [0, 0.05) is 0 Å². The second kappa shape index (κ2) is 1.89. The zero-order valence-electron chi connectivity index (χ0n) is 4.91. The van der Waals surface area contributed by atoms with E-state index in [2.05, 4.69) is 6.92 Å². The largest absolute Gasteiger partial charge is 0.392 e. The van der Waals surface area contributed by atoms with Gasteiger partial charge < -0.3 is 0 Å². The molecule has 9 heavy (non-hydrogen) atoms. The van der Waals surface area contributed by atoms with Gasteiger partial charge in [0.25, 0.3) is 0 Å². The SMILES string of the molecule is [CH2]C(C1CC1)C(F)(F)F. The average Bonchev–Trinajstić information content (AvgIpc) is 2.40. The third kappa shape index (κ3) is 1.60. The molecule has 3 heteroatoms. The highest BCUT2D eigenvalue weighted by atomic mass is 19.4. The first-order valence-electron chi connectivity index (χ1n) is 2.91. The van der Waals surface area contributed by atoms with Crippen LogP contribution in [0.2, 0.25) is 0 Å². The summed E-state index contributed by atoms with van der Waals surface area (Å²) < 4.78 is 35.0. The van der Waals surface area contributed by atoms with Gasteiger partial charge in [-0.15, -0.1) is 0 Å². The van der Waals surface area contributed by atoms with Crippen molar-refractivity contribution in [3.05, 3.63) is 6.92 Å². The maximum atomic E-state index is 11.7. The van der Waals surface area contributed by atoms with Crippen molar-refractivity contribution in [2.24, 2.45) is 11.8 Å². The van der Waals surface area contributed by atoms with Crippen LogP contribution in [0.3, 0.4) is 0 Å². The van der Waals surface area contributed by atoms with E-state index in [-0.39, 0.29) is 5.92 Å². The van der Waals surface area contributed by atoms with Crippen molar-refractivity contribution in [1.29, 1.82) is 0 Å². The summed E-state index contributed by atoms with van der Waals surface area (Å²) in [5.74, 6) is -1.50. The minimum atomic E-state index is -4.07. The Bertz CT molecular complexity index is 101. The molecule has 1 aliphatic carbocycles. The molecule has 1 unspecified atom stereocenters. The molecule has 53 valence electrons. The van der Waals surface area contributed by atoms with Gasteiger partial charge in [-0.3, -0.25) is 0 Å². The molecule has 1 radical (unpaired) electrons. The maximum absolute atomic E-state index is 11.7. The topological polar surface area (TPSA) is 0 Å². The summed E-state index contributed by atoms with van der Waals surface area (Å²) in [7, 11) is 0. The Balaban J connectivity index is 2.40. The second-order valence-corrected chi connectivity index (χ2v) is 2.49. The van der Waals surface area contributed by atoms with Crippen molar-refractivity contribution in [2.75, 3.05) is 0 Å². The fourth-order valence-electron chi connectivity index (χ4n) is 0.766. The van der Waals surface area contributed by atoms with Crippen molar-refractivity contribution in [1.82, 2.24) is 0 Å². The second-order valence-electron chi connectivity index (χ2n) is 2.49. The van der Waals surface area contributed by atoms with Crippen LogP contribution in [0.5, 0.6) is 0 Å². The van der Waals surface area contributed by atoms with Gasteiger partial charge in [-0.2, -0.15) is 13.2 Å². The molecule has 0 amide bonds. The Morgan fingerprint density at radius 3 is 1.89 bits per heavy atom. The van der Waals surface area contributed by atoms with Crippen LogP contribution in [-0.4, -0.2) is 6.18 Å². The van der Waals surface area contributed by atoms with E-state index >= 15 is 0 Å². The Morgan fingerprint density at radius 2 is 1.78 bits per heavy atom. The lowest BCUT2D eigenvalue weighted by Gasteiger charge is -2.13. The lowest BCUT2D eigenvalue weighted by molar-refractivity contribution is -0.167. The third-order valence-electron chi connectivity index (χ3n) is 1.61. The highest BCUT2D eigenvalue weighted by molar-refractivity contribution is 4.86. The van der Waals surface area contributed by atoms with Gasteiger partial charge in [-0.05, 0) is 25.7 Å². The summed E-state index contributed by atoms with van der Waals surface area (Å²) in [6, 6.07) is 0. The molecular formula is C6H8F3. The minimum Gasteiger partial charge on any atom is -0.171 e. The molecule has 1 aliphatic rings. The Morgan fingerprint density at radius 1 is 1.33 bits per heavy atom. The quantitative estimate of drug-likeness (QED) is 0.520. The van der Waals surface area contributed by atoms with Crippen LogP contribution < -0.4 is 0 Å². The van der Waals surface area contributed by atoms with Crippen LogP contribution in [0, 0.1) is 18.8 Å². The van der Waals surface area contributed by atoms with Gasteiger partial charge in [0.1, 0.15) is 0 Å². The fraction of sp³-hybridized carbons (Fsp3) is 0.833. The zero-order chi connectivity index (χ0) is 7.07. The molecule has 0 aliphatic heterocycles. The molecule has 0 heterocycles. The number of hydrogen-bond acceptors (Lipinski definition) is 0. The minimum absolute atomic E-state index is 0.176. The van der Waals surface area contributed by atoms with Crippen LogP contribution in [-0.2, 0) is 0 Å². The summed E-state index contributed by atoms with van der Waals surface area (Å²) in [6.07, 6.45) is -2.66. The molecule has 0 nitrogen and oxygen atoms in total. The molecule has 1 saturated carbocycles. The smallest absolute Gasteiger partial charge is 0.171 e. The van der Waals surface area contributed by atoms with Crippen LogP contribution in [0.15, 0.2) is 0 Å². The zero-order valence-corrected chi connectivity index (χ0v) is 4.91. The van der Waals surface area contributed by atoms with Crippen LogP contribution >= 0.6 is 0 Å². The Hall–Kier alpha value is -0.210. The monoisotopic (exact) mass is 137 g/mol. The first-order valence-corrected chi connectivity index (χ1v) is 2.91. The van der Waals surface area contributed by atoms with E-state index in [1.165, 1.54) is 0 Å². The number of hydrogen-bond donors (Lipinski definition) is 0. The summed E-state index contributed by atoms with van der Waals surface area (Å²) in [4.78, 5) is 0. The van der Waals surface area contributed by atoms with Crippen molar-refractivity contribution < 1.29 is 13.2 Å². The predicted molar refractivity (Wildman–Crippen MR) is 27.6 cm³/mol. The predicted octanol–water partition coefficient (Wildman–Crippen LogP) is 2.41. The van der Waals surface area contributed by atoms with Gasteiger partial charge in [-0.1, -0.05) is 0 Å². The molecule has 0 aromatic carbocycles. The number of rotatable bonds is 1. The summed E-state index contributed by atoms with van der Waals surface area (Å²) in [6.45, 7) is 3.05. The molecule has 0 aromatic heterocycles. The lowest BCUT2D eigenvalue weighted by atomic mass is 10.1. The van der Waals surface area contributed by atoms with Gasteiger partial charge in [0.05, 0.1) is 5.92 Å². The molecule has 1 fully saturated rings. The maximum Gasteiger partial charge on any atom is 0.392 e. The van der Waals surface area contributed by atoms with E-state index in [4.69, 9.17) is 0 Å². The Labute approximate surface area is 52.1 Å². The lowest BCUT2D eigenvalue weighted by Crippen LogP contribution is -2.21. The van der Waals surface area contributed by atoms with Crippen molar-refractivity contribution >= 4 is 0 Å². The summed E-state index contributed by atoms with van der Waals surface area (Å²) in [5, 5.41) is 0. The third-order valence-corrected chi connectivity index (χ3v) is 1.61. The molecule has 1 rings (SSSR count).